The van der Waals surface area contributed by atoms with Crippen LogP contribution in [0.5, 0.6) is 0 Å². The van der Waals surface area contributed by atoms with Crippen molar-refractivity contribution in [1.29, 1.82) is 0 Å². The van der Waals surface area contributed by atoms with E-state index < -0.39 is 6.04 Å². The minimum absolute atomic E-state index is 0.0238. The molecule has 2 amide bonds. The van der Waals surface area contributed by atoms with Crippen molar-refractivity contribution in [1.82, 2.24) is 10.2 Å². The molecule has 30 heavy (non-hydrogen) atoms. The fraction of sp³-hybridized carbons (Fsp3) is 0.440. The Morgan fingerprint density at radius 2 is 1.57 bits per heavy atom. The van der Waals surface area contributed by atoms with Gasteiger partial charge in [0.15, 0.2) is 0 Å². The summed E-state index contributed by atoms with van der Waals surface area (Å²) in [6.45, 7) is 7.91. The Balaban J connectivity index is 2.24. The summed E-state index contributed by atoms with van der Waals surface area (Å²) in [7, 11) is 0. The summed E-state index contributed by atoms with van der Waals surface area (Å²) >= 11 is 0. The largest absolute Gasteiger partial charge is 0.382 e. The second-order valence-electron chi connectivity index (χ2n) is 7.65. The monoisotopic (exact) mass is 410 g/mol. The van der Waals surface area contributed by atoms with Crippen molar-refractivity contribution in [3.05, 3.63) is 71.8 Å². The maximum atomic E-state index is 13.2. The van der Waals surface area contributed by atoms with Gasteiger partial charge in [-0.1, -0.05) is 74.5 Å². The Labute approximate surface area is 180 Å². The van der Waals surface area contributed by atoms with Crippen LogP contribution in [-0.4, -0.2) is 42.5 Å². The molecule has 1 atom stereocenters. The van der Waals surface area contributed by atoms with E-state index in [2.05, 4.69) is 5.32 Å². The predicted octanol–water partition coefficient (Wildman–Crippen LogP) is 3.83. The summed E-state index contributed by atoms with van der Waals surface area (Å²) in [4.78, 5) is 28.0. The van der Waals surface area contributed by atoms with Crippen LogP contribution in [0.15, 0.2) is 60.7 Å². The highest BCUT2D eigenvalue weighted by Crippen LogP contribution is 2.17. The van der Waals surface area contributed by atoms with Gasteiger partial charge in [0.05, 0.1) is 0 Å². The fourth-order valence-electron chi connectivity index (χ4n) is 3.28. The zero-order valence-corrected chi connectivity index (χ0v) is 18.3. The molecule has 0 radical (unpaired) electrons. The number of benzene rings is 2. The van der Waals surface area contributed by atoms with Crippen molar-refractivity contribution >= 4 is 11.8 Å². The quantitative estimate of drug-likeness (QED) is 0.541. The Kier molecular flexibility index (Phi) is 10.1. The van der Waals surface area contributed by atoms with Crippen LogP contribution in [0, 0.1) is 5.92 Å². The van der Waals surface area contributed by atoms with Crippen LogP contribution in [0.2, 0.25) is 0 Å². The normalized spacial score (nSPS) is 11.9. The van der Waals surface area contributed by atoms with Crippen LogP contribution < -0.4 is 5.32 Å². The second-order valence-corrected chi connectivity index (χ2v) is 7.65. The van der Waals surface area contributed by atoms with Crippen LogP contribution >= 0.6 is 0 Å². The summed E-state index contributed by atoms with van der Waals surface area (Å²) in [5.41, 5.74) is 2.04. The molecule has 5 nitrogen and oxygen atoms in total. The third-order valence-corrected chi connectivity index (χ3v) is 4.89. The molecule has 0 aliphatic rings. The molecular weight excluding hydrogens is 376 g/mol. The number of carbonyl (C=O) groups excluding carboxylic acids is 2. The third-order valence-electron chi connectivity index (χ3n) is 4.89. The predicted molar refractivity (Wildman–Crippen MR) is 120 cm³/mol. The average Bonchev–Trinajstić information content (AvgIpc) is 2.76. The Bertz CT molecular complexity index is 762. The topological polar surface area (TPSA) is 58.6 Å². The molecule has 2 rings (SSSR count). The number of carbonyl (C=O) groups is 2. The molecule has 0 heterocycles. The van der Waals surface area contributed by atoms with Gasteiger partial charge in [-0.05, 0) is 24.5 Å². The summed E-state index contributed by atoms with van der Waals surface area (Å²) in [6, 6.07) is 19.1. The maximum absolute atomic E-state index is 13.2. The van der Waals surface area contributed by atoms with E-state index in [1.54, 1.807) is 4.90 Å². The van der Waals surface area contributed by atoms with Crippen molar-refractivity contribution in [2.75, 3.05) is 19.8 Å². The van der Waals surface area contributed by atoms with Crippen LogP contribution in [0.4, 0.5) is 0 Å². The number of rotatable bonds is 12. The van der Waals surface area contributed by atoms with Gasteiger partial charge < -0.3 is 15.0 Å². The SMILES string of the molecule is CCOCCCNC(=O)[C@H](Cc1ccccc1)N(Cc1ccccc1)C(=O)C(C)C. The van der Waals surface area contributed by atoms with Gasteiger partial charge in [0.1, 0.15) is 6.04 Å². The average molecular weight is 411 g/mol. The van der Waals surface area contributed by atoms with E-state index >= 15 is 0 Å². The van der Waals surface area contributed by atoms with E-state index in [9.17, 15) is 9.59 Å². The van der Waals surface area contributed by atoms with Gasteiger partial charge >= 0.3 is 0 Å². The molecule has 1 N–H and O–H groups in total. The maximum Gasteiger partial charge on any atom is 0.243 e. The Hall–Kier alpha value is -2.66. The number of nitrogens with zero attached hydrogens (tertiary/aromatic N) is 1. The molecule has 0 spiro atoms. The van der Waals surface area contributed by atoms with Crippen molar-refractivity contribution < 1.29 is 14.3 Å². The zero-order chi connectivity index (χ0) is 21.8. The first-order valence-electron chi connectivity index (χ1n) is 10.8. The van der Waals surface area contributed by atoms with Crippen LogP contribution in [0.25, 0.3) is 0 Å². The van der Waals surface area contributed by atoms with Gasteiger partial charge in [-0.3, -0.25) is 9.59 Å². The molecule has 0 bridgehead atoms. The number of ether oxygens (including phenoxy) is 1. The summed E-state index contributed by atoms with van der Waals surface area (Å²) in [5, 5.41) is 3.01. The molecule has 5 heteroatoms. The first kappa shape index (κ1) is 23.6. The van der Waals surface area contributed by atoms with Gasteiger partial charge in [0.25, 0.3) is 0 Å². The Morgan fingerprint density at radius 3 is 2.13 bits per heavy atom. The molecule has 0 saturated carbocycles. The zero-order valence-electron chi connectivity index (χ0n) is 18.3. The van der Waals surface area contributed by atoms with Crippen molar-refractivity contribution in [2.45, 2.75) is 46.2 Å². The molecule has 162 valence electrons. The van der Waals surface area contributed by atoms with E-state index in [0.29, 0.717) is 32.7 Å². The number of hydrogen-bond donors (Lipinski definition) is 1. The second kappa shape index (κ2) is 12.8. The van der Waals surface area contributed by atoms with Crippen LogP contribution in [0.1, 0.15) is 38.3 Å². The summed E-state index contributed by atoms with van der Waals surface area (Å²) in [6.07, 6.45) is 1.22. The lowest BCUT2D eigenvalue weighted by molar-refractivity contribution is -0.143. The van der Waals surface area contributed by atoms with Crippen molar-refractivity contribution in [3.63, 3.8) is 0 Å². The molecule has 0 aliphatic carbocycles. The van der Waals surface area contributed by atoms with E-state index in [0.717, 1.165) is 17.5 Å². The lowest BCUT2D eigenvalue weighted by Crippen LogP contribution is -2.51. The lowest BCUT2D eigenvalue weighted by Gasteiger charge is -2.32. The molecule has 2 aromatic carbocycles. The lowest BCUT2D eigenvalue weighted by atomic mass is 10.0. The summed E-state index contributed by atoms with van der Waals surface area (Å²) in [5.74, 6) is -0.345. The molecule has 2 aromatic rings. The standard InChI is InChI=1S/C25H34N2O3/c1-4-30-17-11-16-26-24(28)23(18-21-12-7-5-8-13-21)27(25(29)20(2)3)19-22-14-9-6-10-15-22/h5-10,12-15,20,23H,4,11,16-19H2,1-3H3,(H,26,28)/t23-/m0/s1. The highest BCUT2D eigenvalue weighted by Gasteiger charge is 2.31. The molecule has 0 fully saturated rings. The smallest absolute Gasteiger partial charge is 0.243 e. The minimum Gasteiger partial charge on any atom is -0.382 e. The highest BCUT2D eigenvalue weighted by molar-refractivity contribution is 5.88. The number of hydrogen-bond acceptors (Lipinski definition) is 3. The van der Waals surface area contributed by atoms with Gasteiger partial charge in [-0.25, -0.2) is 0 Å². The third kappa shape index (κ3) is 7.64. The summed E-state index contributed by atoms with van der Waals surface area (Å²) < 4.78 is 5.35. The molecule has 0 aliphatic heterocycles. The van der Waals surface area contributed by atoms with Crippen molar-refractivity contribution in [3.8, 4) is 0 Å². The first-order valence-corrected chi connectivity index (χ1v) is 10.8. The van der Waals surface area contributed by atoms with Crippen LogP contribution in [0.3, 0.4) is 0 Å². The highest BCUT2D eigenvalue weighted by atomic mass is 16.5. The van der Waals surface area contributed by atoms with Gasteiger partial charge in [-0.15, -0.1) is 0 Å². The van der Waals surface area contributed by atoms with E-state index in [1.807, 2.05) is 81.4 Å². The fourth-order valence-corrected chi connectivity index (χ4v) is 3.28. The molecule has 0 saturated heterocycles. The van der Waals surface area contributed by atoms with Crippen LogP contribution in [-0.2, 0) is 27.3 Å². The molecule has 0 unspecified atom stereocenters. The molecule has 0 aromatic heterocycles. The molecular formula is C25H34N2O3. The van der Waals surface area contributed by atoms with Crippen molar-refractivity contribution in [2.24, 2.45) is 5.92 Å². The number of nitrogens with one attached hydrogen (secondary N) is 1. The van der Waals surface area contributed by atoms with E-state index in [4.69, 9.17) is 4.74 Å². The first-order chi connectivity index (χ1) is 14.5. The van der Waals surface area contributed by atoms with Gasteiger partial charge in [0, 0.05) is 38.6 Å². The van der Waals surface area contributed by atoms with E-state index in [-0.39, 0.29) is 17.7 Å². The van der Waals surface area contributed by atoms with Gasteiger partial charge in [-0.2, -0.15) is 0 Å². The van der Waals surface area contributed by atoms with E-state index in [1.165, 1.54) is 0 Å². The van der Waals surface area contributed by atoms with Gasteiger partial charge in [0.2, 0.25) is 11.8 Å². The minimum atomic E-state index is -0.574. The Morgan fingerprint density at radius 1 is 0.967 bits per heavy atom. The number of amides is 2.